The van der Waals surface area contributed by atoms with Gasteiger partial charge in [0.2, 0.25) is 5.75 Å². The smallest absolute Gasteiger partial charge is 0.271 e. The number of hydrogen-bond acceptors (Lipinski definition) is 6. The molecule has 0 fully saturated rings. The maximum Gasteiger partial charge on any atom is 0.271 e. The fourth-order valence-electron chi connectivity index (χ4n) is 2.47. The molecule has 150 valence electrons. The van der Waals surface area contributed by atoms with E-state index in [1.165, 1.54) is 0 Å². The van der Waals surface area contributed by atoms with Gasteiger partial charge in [-0.1, -0.05) is 12.1 Å². The number of ether oxygens (including phenoxy) is 4. The zero-order chi connectivity index (χ0) is 20.4. The quantitative estimate of drug-likeness (QED) is 0.498. The first kappa shape index (κ1) is 21.1. The zero-order valence-corrected chi connectivity index (χ0v) is 16.7. The van der Waals surface area contributed by atoms with Crippen LogP contribution in [0.3, 0.4) is 0 Å². The number of benzene rings is 2. The third-order valence-electron chi connectivity index (χ3n) is 3.64. The summed E-state index contributed by atoms with van der Waals surface area (Å²) in [5, 5.41) is 4.01. The fraction of sp³-hybridized carbons (Fsp3) is 0.333. The molecule has 0 spiro atoms. The first-order chi connectivity index (χ1) is 13.6. The minimum Gasteiger partial charge on any atom is -0.497 e. The average Bonchev–Trinajstić information content (AvgIpc) is 2.70. The van der Waals surface area contributed by atoms with Crippen LogP contribution in [-0.4, -0.2) is 39.1 Å². The molecule has 7 nitrogen and oxygen atoms in total. The van der Waals surface area contributed by atoms with Gasteiger partial charge in [-0.05, 0) is 50.6 Å². The Bertz CT molecular complexity index is 793. The van der Waals surface area contributed by atoms with Crippen LogP contribution in [-0.2, 0) is 0 Å². The minimum atomic E-state index is -0.385. The van der Waals surface area contributed by atoms with E-state index < -0.39 is 0 Å². The molecule has 1 N–H and O–H groups in total. The Hall–Kier alpha value is -3.22. The fourth-order valence-corrected chi connectivity index (χ4v) is 2.47. The van der Waals surface area contributed by atoms with Gasteiger partial charge < -0.3 is 18.9 Å². The Morgan fingerprint density at radius 2 is 1.64 bits per heavy atom. The molecule has 0 aromatic heterocycles. The number of hydrogen-bond donors (Lipinski definition) is 1. The molecular weight excluding hydrogens is 360 g/mol. The second-order valence-electron chi connectivity index (χ2n) is 5.58. The largest absolute Gasteiger partial charge is 0.497 e. The molecule has 0 atom stereocenters. The predicted molar refractivity (Wildman–Crippen MR) is 108 cm³/mol. The van der Waals surface area contributed by atoms with Crippen molar-refractivity contribution in [2.75, 3.05) is 26.9 Å². The van der Waals surface area contributed by atoms with Gasteiger partial charge in [-0.25, -0.2) is 5.43 Å². The van der Waals surface area contributed by atoms with E-state index in [1.54, 1.807) is 25.5 Å². The molecule has 0 saturated carbocycles. The van der Waals surface area contributed by atoms with Gasteiger partial charge >= 0.3 is 0 Å². The molecule has 7 heteroatoms. The number of carbonyl (C=O) groups excluding carboxylic acids is 1. The van der Waals surface area contributed by atoms with E-state index >= 15 is 0 Å². The molecule has 2 aromatic carbocycles. The van der Waals surface area contributed by atoms with Gasteiger partial charge in [0, 0.05) is 5.56 Å². The van der Waals surface area contributed by atoms with E-state index in [4.69, 9.17) is 18.9 Å². The van der Waals surface area contributed by atoms with Gasteiger partial charge in [0.05, 0.1) is 33.1 Å². The monoisotopic (exact) mass is 386 g/mol. The minimum absolute atomic E-state index is 0.359. The molecule has 0 radical (unpaired) electrons. The first-order valence-electron chi connectivity index (χ1n) is 9.16. The zero-order valence-electron chi connectivity index (χ0n) is 16.7. The lowest BCUT2D eigenvalue weighted by molar-refractivity contribution is 0.0954. The Morgan fingerprint density at radius 1 is 1.00 bits per heavy atom. The van der Waals surface area contributed by atoms with Crippen molar-refractivity contribution in [2.24, 2.45) is 5.10 Å². The summed E-state index contributed by atoms with van der Waals surface area (Å²) in [5.74, 6) is 1.73. The number of amides is 1. The van der Waals surface area contributed by atoms with E-state index in [0.29, 0.717) is 48.4 Å². The van der Waals surface area contributed by atoms with E-state index in [1.807, 2.05) is 45.0 Å². The van der Waals surface area contributed by atoms with Crippen molar-refractivity contribution in [1.29, 1.82) is 0 Å². The molecule has 0 aliphatic rings. The lowest BCUT2D eigenvalue weighted by atomic mass is 10.1. The van der Waals surface area contributed by atoms with Gasteiger partial charge in [0.25, 0.3) is 5.91 Å². The van der Waals surface area contributed by atoms with Gasteiger partial charge in [-0.15, -0.1) is 0 Å². The Kier molecular flexibility index (Phi) is 8.14. The summed E-state index contributed by atoms with van der Waals surface area (Å²) in [7, 11) is 1.59. The van der Waals surface area contributed by atoms with Crippen molar-refractivity contribution in [3.8, 4) is 23.0 Å². The Labute approximate surface area is 165 Å². The third-order valence-corrected chi connectivity index (χ3v) is 3.64. The second kappa shape index (κ2) is 10.8. The predicted octanol–water partition coefficient (Wildman–Crippen LogP) is 3.66. The third kappa shape index (κ3) is 5.64. The molecule has 0 bridgehead atoms. The van der Waals surface area contributed by atoms with E-state index in [9.17, 15) is 4.79 Å². The van der Waals surface area contributed by atoms with Crippen molar-refractivity contribution in [1.82, 2.24) is 5.43 Å². The van der Waals surface area contributed by atoms with Gasteiger partial charge in [-0.3, -0.25) is 4.79 Å². The molecule has 2 aromatic rings. The summed E-state index contributed by atoms with van der Waals surface area (Å²) in [6.07, 6.45) is 1.54. The van der Waals surface area contributed by atoms with Crippen molar-refractivity contribution >= 4 is 12.1 Å². The van der Waals surface area contributed by atoms with E-state index in [-0.39, 0.29) is 5.91 Å². The van der Waals surface area contributed by atoms with Crippen LogP contribution in [0.2, 0.25) is 0 Å². The van der Waals surface area contributed by atoms with Crippen molar-refractivity contribution in [2.45, 2.75) is 20.8 Å². The molecule has 0 saturated heterocycles. The summed E-state index contributed by atoms with van der Waals surface area (Å²) < 4.78 is 22.1. The van der Waals surface area contributed by atoms with Crippen molar-refractivity contribution in [3.63, 3.8) is 0 Å². The standard InChI is InChI=1S/C21H26N2O5/c1-5-26-18-12-16(13-19(27-6-2)20(18)28-7-3)21(24)23-22-14-15-9-8-10-17(11-15)25-4/h8-14H,5-7H2,1-4H3,(H,23,24). The molecule has 0 aliphatic carbocycles. The highest BCUT2D eigenvalue weighted by Crippen LogP contribution is 2.39. The van der Waals surface area contributed by atoms with Crippen LogP contribution in [0, 0.1) is 0 Å². The number of nitrogens with zero attached hydrogens (tertiary/aromatic N) is 1. The van der Waals surface area contributed by atoms with Gasteiger partial charge in [0.15, 0.2) is 11.5 Å². The molecule has 0 unspecified atom stereocenters. The first-order valence-corrected chi connectivity index (χ1v) is 9.16. The summed E-state index contributed by atoms with van der Waals surface area (Å²) in [4.78, 5) is 12.5. The van der Waals surface area contributed by atoms with E-state index in [0.717, 1.165) is 5.56 Å². The summed E-state index contributed by atoms with van der Waals surface area (Å²) in [5.41, 5.74) is 3.67. The summed E-state index contributed by atoms with van der Waals surface area (Å²) in [6.45, 7) is 6.92. The highest BCUT2D eigenvalue weighted by molar-refractivity contribution is 5.96. The molecule has 0 heterocycles. The van der Waals surface area contributed by atoms with Gasteiger partial charge in [-0.2, -0.15) is 5.10 Å². The number of nitrogens with one attached hydrogen (secondary N) is 1. The number of rotatable bonds is 10. The topological polar surface area (TPSA) is 78.4 Å². The Morgan fingerprint density at radius 3 is 2.21 bits per heavy atom. The van der Waals surface area contributed by atoms with Crippen LogP contribution in [0.1, 0.15) is 36.7 Å². The number of methoxy groups -OCH3 is 1. The Balaban J connectivity index is 2.22. The maximum absolute atomic E-state index is 12.5. The van der Waals surface area contributed by atoms with Crippen LogP contribution < -0.4 is 24.4 Å². The summed E-state index contributed by atoms with van der Waals surface area (Å²) >= 11 is 0. The number of carbonyl (C=O) groups is 1. The normalized spacial score (nSPS) is 10.6. The summed E-state index contributed by atoms with van der Waals surface area (Å²) in [6, 6.07) is 10.6. The highest BCUT2D eigenvalue weighted by atomic mass is 16.5. The maximum atomic E-state index is 12.5. The van der Waals surface area contributed by atoms with Crippen LogP contribution in [0.25, 0.3) is 0 Å². The van der Waals surface area contributed by atoms with Crippen LogP contribution in [0.15, 0.2) is 41.5 Å². The lowest BCUT2D eigenvalue weighted by Gasteiger charge is -2.16. The molecular formula is C21H26N2O5. The molecule has 28 heavy (non-hydrogen) atoms. The molecule has 1 amide bonds. The highest BCUT2D eigenvalue weighted by Gasteiger charge is 2.18. The van der Waals surface area contributed by atoms with Gasteiger partial charge in [0.1, 0.15) is 5.75 Å². The van der Waals surface area contributed by atoms with Crippen LogP contribution in [0.4, 0.5) is 0 Å². The van der Waals surface area contributed by atoms with Crippen LogP contribution in [0.5, 0.6) is 23.0 Å². The average molecular weight is 386 g/mol. The molecule has 0 aliphatic heterocycles. The number of hydrazone groups is 1. The van der Waals surface area contributed by atoms with Crippen LogP contribution >= 0.6 is 0 Å². The van der Waals surface area contributed by atoms with E-state index in [2.05, 4.69) is 10.5 Å². The van der Waals surface area contributed by atoms with Crippen molar-refractivity contribution in [3.05, 3.63) is 47.5 Å². The SMILES string of the molecule is CCOc1cc(C(=O)NN=Cc2cccc(OC)c2)cc(OCC)c1OCC. The van der Waals surface area contributed by atoms with Crippen molar-refractivity contribution < 1.29 is 23.7 Å². The second-order valence-corrected chi connectivity index (χ2v) is 5.58. The molecule has 2 rings (SSSR count). The lowest BCUT2D eigenvalue weighted by Crippen LogP contribution is -2.18.